The number of nitrogens with zero attached hydrogens (tertiary/aromatic N) is 1. The maximum absolute atomic E-state index is 4.11. The molecule has 1 aromatic carbocycles. The number of hydrogen-bond acceptors (Lipinski definition) is 1. The molecule has 1 unspecified atom stereocenters. The van der Waals surface area contributed by atoms with Gasteiger partial charge in [-0.1, -0.05) is 30.3 Å². The summed E-state index contributed by atoms with van der Waals surface area (Å²) in [6.45, 7) is 5.11. The van der Waals surface area contributed by atoms with Gasteiger partial charge in [0.2, 0.25) is 0 Å². The molecule has 1 nitrogen and oxygen atoms in total. The lowest BCUT2D eigenvalue weighted by Gasteiger charge is -2.16. The molecule has 1 radical (unpaired) electrons. The highest BCUT2D eigenvalue weighted by atomic mass is 15.1. The third kappa shape index (κ3) is 2.67. The fourth-order valence-corrected chi connectivity index (χ4v) is 1.27. The van der Waals surface area contributed by atoms with Crippen LogP contribution < -0.4 is 0 Å². The van der Waals surface area contributed by atoms with Crippen LogP contribution in [0.25, 0.3) is 0 Å². The highest BCUT2D eigenvalue weighted by Crippen LogP contribution is 2.13. The van der Waals surface area contributed by atoms with E-state index in [0.717, 1.165) is 6.54 Å². The summed E-state index contributed by atoms with van der Waals surface area (Å²) in [6.07, 6.45) is 0. The van der Waals surface area contributed by atoms with E-state index >= 15 is 0 Å². The summed E-state index contributed by atoms with van der Waals surface area (Å²) in [6, 6.07) is 10.4. The van der Waals surface area contributed by atoms with Crippen molar-refractivity contribution in [2.45, 2.75) is 5.92 Å². The van der Waals surface area contributed by atoms with Crippen molar-refractivity contribution in [3.8, 4) is 0 Å². The van der Waals surface area contributed by atoms with E-state index in [1.165, 1.54) is 5.56 Å². The van der Waals surface area contributed by atoms with Gasteiger partial charge < -0.3 is 4.90 Å². The molecule has 0 aromatic heterocycles. The number of benzene rings is 1. The van der Waals surface area contributed by atoms with Gasteiger partial charge in [-0.2, -0.15) is 0 Å². The van der Waals surface area contributed by atoms with Gasteiger partial charge in [0.1, 0.15) is 0 Å². The van der Waals surface area contributed by atoms with Crippen LogP contribution >= 0.6 is 0 Å². The van der Waals surface area contributed by atoms with E-state index in [4.69, 9.17) is 0 Å². The van der Waals surface area contributed by atoms with Gasteiger partial charge in [-0.3, -0.25) is 0 Å². The quantitative estimate of drug-likeness (QED) is 0.658. The van der Waals surface area contributed by atoms with Gasteiger partial charge in [0.15, 0.2) is 0 Å². The third-order valence-electron chi connectivity index (χ3n) is 1.86. The summed E-state index contributed by atoms with van der Waals surface area (Å²) in [5.41, 5.74) is 1.31. The molecule has 0 aliphatic heterocycles. The van der Waals surface area contributed by atoms with Gasteiger partial charge in [-0.05, 0) is 32.5 Å². The first-order valence-electron chi connectivity index (χ1n) is 4.23. The van der Waals surface area contributed by atoms with E-state index in [9.17, 15) is 0 Å². The van der Waals surface area contributed by atoms with Crippen LogP contribution in [-0.4, -0.2) is 25.5 Å². The van der Waals surface area contributed by atoms with Crippen LogP contribution in [0.1, 0.15) is 11.5 Å². The molecular formula is C11H16N. The molecule has 0 saturated heterocycles. The molecule has 0 amide bonds. The smallest absolute Gasteiger partial charge is 0.00442 e. The van der Waals surface area contributed by atoms with E-state index in [1.807, 2.05) is 6.07 Å². The molecule has 1 rings (SSSR count). The van der Waals surface area contributed by atoms with Crippen LogP contribution in [0, 0.1) is 6.92 Å². The van der Waals surface area contributed by atoms with E-state index in [1.54, 1.807) is 0 Å². The van der Waals surface area contributed by atoms with Crippen molar-refractivity contribution in [1.29, 1.82) is 0 Å². The second kappa shape index (κ2) is 4.27. The minimum atomic E-state index is 0.376. The Bertz CT molecular complexity index is 216. The van der Waals surface area contributed by atoms with Gasteiger partial charge in [-0.15, -0.1) is 0 Å². The Morgan fingerprint density at radius 1 is 1.25 bits per heavy atom. The minimum absolute atomic E-state index is 0.376. The monoisotopic (exact) mass is 162 g/mol. The summed E-state index contributed by atoms with van der Waals surface area (Å²) in [4.78, 5) is 2.16. The largest absolute Gasteiger partial charge is 0.309 e. The summed E-state index contributed by atoms with van der Waals surface area (Å²) in [5, 5.41) is 0. The second-order valence-electron chi connectivity index (χ2n) is 3.37. The highest BCUT2D eigenvalue weighted by Gasteiger charge is 2.04. The molecule has 1 aromatic rings. The Morgan fingerprint density at radius 2 is 1.83 bits per heavy atom. The zero-order valence-corrected chi connectivity index (χ0v) is 7.83. The number of likely N-dealkylation sites (N-methyl/N-ethyl adjacent to an activating group) is 1. The van der Waals surface area contributed by atoms with E-state index in [0.29, 0.717) is 5.92 Å². The molecule has 0 heterocycles. The summed E-state index contributed by atoms with van der Waals surface area (Å²) in [5.74, 6) is 0.376. The predicted molar refractivity (Wildman–Crippen MR) is 53.1 cm³/mol. The van der Waals surface area contributed by atoms with Gasteiger partial charge in [0.25, 0.3) is 0 Å². The van der Waals surface area contributed by atoms with Crippen molar-refractivity contribution in [2.24, 2.45) is 0 Å². The maximum atomic E-state index is 4.11. The van der Waals surface area contributed by atoms with Gasteiger partial charge in [-0.25, -0.2) is 0 Å². The number of hydrogen-bond donors (Lipinski definition) is 0. The van der Waals surface area contributed by atoms with Crippen molar-refractivity contribution < 1.29 is 0 Å². The summed E-state index contributed by atoms with van der Waals surface area (Å²) < 4.78 is 0. The average Bonchev–Trinajstić information content (AvgIpc) is 2.05. The molecule has 0 aliphatic rings. The van der Waals surface area contributed by atoms with Gasteiger partial charge >= 0.3 is 0 Å². The van der Waals surface area contributed by atoms with Crippen LogP contribution in [0.15, 0.2) is 30.3 Å². The van der Waals surface area contributed by atoms with Gasteiger partial charge in [0.05, 0.1) is 0 Å². The molecule has 0 N–H and O–H groups in total. The Labute approximate surface area is 75.0 Å². The molecule has 0 bridgehead atoms. The zero-order valence-electron chi connectivity index (χ0n) is 7.83. The van der Waals surface area contributed by atoms with Crippen LogP contribution in [0.3, 0.4) is 0 Å². The van der Waals surface area contributed by atoms with Crippen LogP contribution in [0.5, 0.6) is 0 Å². The van der Waals surface area contributed by atoms with E-state index in [2.05, 4.69) is 50.2 Å². The predicted octanol–water partition coefficient (Wildman–Crippen LogP) is 2.17. The molecule has 1 heteroatoms. The fraction of sp³-hybridized carbons (Fsp3) is 0.364. The van der Waals surface area contributed by atoms with Crippen molar-refractivity contribution in [3.63, 3.8) is 0 Å². The summed E-state index contributed by atoms with van der Waals surface area (Å²) >= 11 is 0. The molecule has 0 saturated carbocycles. The van der Waals surface area contributed by atoms with Crippen molar-refractivity contribution in [2.75, 3.05) is 20.6 Å². The van der Waals surface area contributed by atoms with Crippen molar-refractivity contribution in [1.82, 2.24) is 4.90 Å². The van der Waals surface area contributed by atoms with Crippen molar-refractivity contribution >= 4 is 0 Å². The highest BCUT2D eigenvalue weighted by molar-refractivity contribution is 5.20. The van der Waals surface area contributed by atoms with E-state index in [-0.39, 0.29) is 0 Å². The average molecular weight is 162 g/mol. The summed E-state index contributed by atoms with van der Waals surface area (Å²) in [7, 11) is 4.14. The standard InChI is InChI=1S/C11H16N/c1-10(9-12(2)3)11-7-5-4-6-8-11/h4-8,10H,1,9H2,2-3H3. The lowest BCUT2D eigenvalue weighted by atomic mass is 10.0. The second-order valence-corrected chi connectivity index (χ2v) is 3.37. The lowest BCUT2D eigenvalue weighted by molar-refractivity contribution is 0.394. The Balaban J connectivity index is 2.59. The first-order chi connectivity index (χ1) is 5.70. The third-order valence-corrected chi connectivity index (χ3v) is 1.86. The van der Waals surface area contributed by atoms with Crippen LogP contribution in [-0.2, 0) is 0 Å². The fourth-order valence-electron chi connectivity index (χ4n) is 1.27. The topological polar surface area (TPSA) is 3.24 Å². The Kier molecular flexibility index (Phi) is 3.30. The zero-order chi connectivity index (χ0) is 8.97. The van der Waals surface area contributed by atoms with Gasteiger partial charge in [0, 0.05) is 6.54 Å². The minimum Gasteiger partial charge on any atom is -0.309 e. The Hall–Kier alpha value is -0.820. The first kappa shape index (κ1) is 9.27. The normalized spacial score (nSPS) is 13.3. The number of rotatable bonds is 3. The first-order valence-corrected chi connectivity index (χ1v) is 4.23. The SMILES string of the molecule is [CH2]C(CN(C)C)c1ccccc1. The maximum Gasteiger partial charge on any atom is 0.00442 e. The van der Waals surface area contributed by atoms with Crippen LogP contribution in [0.4, 0.5) is 0 Å². The van der Waals surface area contributed by atoms with E-state index < -0.39 is 0 Å². The molecule has 0 fully saturated rings. The molecule has 0 spiro atoms. The molecule has 0 aliphatic carbocycles. The lowest BCUT2D eigenvalue weighted by Crippen LogP contribution is -2.18. The molecule has 12 heavy (non-hydrogen) atoms. The van der Waals surface area contributed by atoms with Crippen molar-refractivity contribution in [3.05, 3.63) is 42.8 Å². The Morgan fingerprint density at radius 3 is 2.33 bits per heavy atom. The molecule has 65 valence electrons. The molecular weight excluding hydrogens is 146 g/mol. The molecule has 1 atom stereocenters. The van der Waals surface area contributed by atoms with Crippen LogP contribution in [0.2, 0.25) is 0 Å².